The zero-order valence-electron chi connectivity index (χ0n) is 21.1. The molecular weight excluding hydrogens is 524 g/mol. The Morgan fingerprint density at radius 1 is 0.949 bits per heavy atom. The fourth-order valence-electron chi connectivity index (χ4n) is 3.98. The number of hydrogen-bond donors (Lipinski definition) is 1. The number of alkyl halides is 2. The van der Waals surface area contributed by atoms with Crippen LogP contribution in [-0.2, 0) is 7.05 Å². The molecule has 0 aliphatic carbocycles. The molecule has 4 aromatic rings. The number of carbonyl (C=O) groups excluding carboxylic acids is 1. The minimum Gasteiger partial charge on any atom is -0.497 e. The van der Waals surface area contributed by atoms with Crippen molar-refractivity contribution in [3.63, 3.8) is 0 Å². The van der Waals surface area contributed by atoms with Gasteiger partial charge in [-0.2, -0.15) is 13.5 Å². The quantitative estimate of drug-likeness (QED) is 0.322. The van der Waals surface area contributed by atoms with Gasteiger partial charge in [-0.25, -0.2) is 13.8 Å². The van der Waals surface area contributed by atoms with Crippen molar-refractivity contribution in [2.75, 3.05) is 19.5 Å². The lowest BCUT2D eigenvalue weighted by atomic mass is 10.1. The molecule has 1 N–H and O–H groups in total. The van der Waals surface area contributed by atoms with Crippen molar-refractivity contribution in [3.8, 4) is 34.3 Å². The van der Waals surface area contributed by atoms with E-state index >= 15 is 8.78 Å². The molecule has 0 saturated carbocycles. The lowest BCUT2D eigenvalue weighted by molar-refractivity contribution is -0.0498. The standard InChI is InChI=1S/C26H22F4N4O5/c1-13-9-16(37-3)12-20(31-13)34-25(36)22(32-24(35)14-5-7-15(8-6-14)39-26(29)30)23(33(34)2)21-18(27)10-17(38-4)11-19(21)28/h5-12,26H,1-4H3,(H,32,35). The van der Waals surface area contributed by atoms with Gasteiger partial charge in [-0.3, -0.25) is 14.3 Å². The minimum atomic E-state index is -3.06. The molecule has 9 nitrogen and oxygen atoms in total. The first-order valence-corrected chi connectivity index (χ1v) is 11.3. The summed E-state index contributed by atoms with van der Waals surface area (Å²) in [7, 11) is 4.02. The lowest BCUT2D eigenvalue weighted by Gasteiger charge is -2.13. The summed E-state index contributed by atoms with van der Waals surface area (Å²) in [5.41, 5.74) is -1.77. The van der Waals surface area contributed by atoms with E-state index in [9.17, 15) is 18.4 Å². The molecule has 39 heavy (non-hydrogen) atoms. The molecule has 2 heterocycles. The van der Waals surface area contributed by atoms with Crippen molar-refractivity contribution in [2.24, 2.45) is 7.05 Å². The fourth-order valence-corrected chi connectivity index (χ4v) is 3.98. The smallest absolute Gasteiger partial charge is 0.387 e. The van der Waals surface area contributed by atoms with Gasteiger partial charge in [0.1, 0.15) is 40.3 Å². The zero-order chi connectivity index (χ0) is 28.4. The molecule has 1 amide bonds. The first kappa shape index (κ1) is 27.2. The topological polar surface area (TPSA) is 96.6 Å². The third-order valence-electron chi connectivity index (χ3n) is 5.70. The summed E-state index contributed by atoms with van der Waals surface area (Å²) in [4.78, 5) is 31.1. The predicted octanol–water partition coefficient (Wildman–Crippen LogP) is 4.70. The second-order valence-corrected chi connectivity index (χ2v) is 8.19. The maximum atomic E-state index is 15.2. The van der Waals surface area contributed by atoms with Crippen LogP contribution in [-0.4, -0.2) is 41.1 Å². The van der Waals surface area contributed by atoms with Crippen molar-refractivity contribution in [2.45, 2.75) is 13.5 Å². The molecule has 0 aliphatic rings. The largest absolute Gasteiger partial charge is 0.497 e. The summed E-state index contributed by atoms with van der Waals surface area (Å²) < 4.78 is 71.9. The second kappa shape index (κ2) is 10.9. The number of amides is 1. The summed E-state index contributed by atoms with van der Waals surface area (Å²) in [5, 5.41) is 2.41. The molecule has 0 atom stereocenters. The summed E-state index contributed by atoms with van der Waals surface area (Å²) >= 11 is 0. The van der Waals surface area contributed by atoms with Crippen LogP contribution in [0.1, 0.15) is 16.1 Å². The number of aryl methyl sites for hydroxylation is 1. The Kier molecular flexibility index (Phi) is 7.61. The highest BCUT2D eigenvalue weighted by Crippen LogP contribution is 2.34. The van der Waals surface area contributed by atoms with Gasteiger partial charge in [0.25, 0.3) is 11.5 Å². The average molecular weight is 546 g/mol. The van der Waals surface area contributed by atoms with Gasteiger partial charge in [0, 0.05) is 42.6 Å². The number of methoxy groups -OCH3 is 2. The number of hydrogen-bond acceptors (Lipinski definition) is 6. The Morgan fingerprint density at radius 2 is 1.54 bits per heavy atom. The van der Waals surface area contributed by atoms with E-state index < -0.39 is 41.0 Å². The maximum Gasteiger partial charge on any atom is 0.387 e. The number of nitrogens with one attached hydrogen (secondary N) is 1. The Bertz CT molecular complexity index is 1580. The Balaban J connectivity index is 1.90. The van der Waals surface area contributed by atoms with Crippen LogP contribution in [0.2, 0.25) is 0 Å². The maximum absolute atomic E-state index is 15.2. The number of halogens is 4. The van der Waals surface area contributed by atoms with E-state index in [1.165, 1.54) is 39.5 Å². The summed E-state index contributed by atoms with van der Waals surface area (Å²) in [6.07, 6.45) is 0. The van der Waals surface area contributed by atoms with Gasteiger partial charge in [-0.1, -0.05) is 0 Å². The van der Waals surface area contributed by atoms with Crippen molar-refractivity contribution < 1.29 is 36.6 Å². The summed E-state index contributed by atoms with van der Waals surface area (Å²) in [5.74, 6) is -2.82. The molecule has 0 unspecified atom stereocenters. The van der Waals surface area contributed by atoms with Crippen molar-refractivity contribution in [1.82, 2.24) is 14.3 Å². The monoisotopic (exact) mass is 546 g/mol. The highest BCUT2D eigenvalue weighted by molar-refractivity contribution is 6.06. The molecule has 204 valence electrons. The highest BCUT2D eigenvalue weighted by Gasteiger charge is 2.28. The number of aromatic nitrogens is 3. The third kappa shape index (κ3) is 5.42. The average Bonchev–Trinajstić information content (AvgIpc) is 3.12. The van der Waals surface area contributed by atoms with Gasteiger partial charge in [0.15, 0.2) is 5.82 Å². The molecule has 0 saturated heterocycles. The van der Waals surface area contributed by atoms with Crippen LogP contribution in [0.15, 0.2) is 53.3 Å². The first-order chi connectivity index (χ1) is 18.5. The highest BCUT2D eigenvalue weighted by atomic mass is 19.3. The molecule has 0 spiro atoms. The van der Waals surface area contributed by atoms with E-state index in [1.807, 2.05) is 0 Å². The number of ether oxygens (including phenoxy) is 3. The van der Waals surface area contributed by atoms with E-state index in [0.717, 1.165) is 33.6 Å². The Hall–Kier alpha value is -4.81. The summed E-state index contributed by atoms with van der Waals surface area (Å²) in [6.45, 7) is -1.40. The van der Waals surface area contributed by atoms with Gasteiger partial charge >= 0.3 is 6.61 Å². The molecule has 2 aromatic heterocycles. The van der Waals surface area contributed by atoms with Crippen LogP contribution in [0.5, 0.6) is 17.2 Å². The van der Waals surface area contributed by atoms with E-state index in [2.05, 4.69) is 15.0 Å². The van der Waals surface area contributed by atoms with Gasteiger partial charge in [0.2, 0.25) is 0 Å². The lowest BCUT2D eigenvalue weighted by Crippen LogP contribution is -2.24. The molecule has 0 radical (unpaired) electrons. The third-order valence-corrected chi connectivity index (χ3v) is 5.70. The molecule has 13 heteroatoms. The predicted molar refractivity (Wildman–Crippen MR) is 133 cm³/mol. The summed E-state index contributed by atoms with van der Waals surface area (Å²) in [6, 6.07) is 9.57. The molecule has 0 aliphatic heterocycles. The van der Waals surface area contributed by atoms with Gasteiger partial charge in [-0.05, 0) is 31.2 Å². The first-order valence-electron chi connectivity index (χ1n) is 11.3. The number of carbonyl (C=O) groups is 1. The molecule has 2 aromatic carbocycles. The van der Waals surface area contributed by atoms with Crippen molar-refractivity contribution >= 4 is 11.6 Å². The van der Waals surface area contributed by atoms with E-state index in [4.69, 9.17) is 9.47 Å². The van der Waals surface area contributed by atoms with Crippen LogP contribution >= 0.6 is 0 Å². The van der Waals surface area contributed by atoms with Crippen molar-refractivity contribution in [3.05, 3.63) is 81.8 Å². The second-order valence-electron chi connectivity index (χ2n) is 8.19. The van der Waals surface area contributed by atoms with E-state index in [1.54, 1.807) is 13.0 Å². The molecule has 0 bridgehead atoms. The number of pyridine rings is 1. The number of anilines is 1. The molecular formula is C26H22F4N4O5. The van der Waals surface area contributed by atoms with E-state index in [0.29, 0.717) is 11.4 Å². The van der Waals surface area contributed by atoms with Gasteiger partial charge < -0.3 is 19.5 Å². The van der Waals surface area contributed by atoms with Crippen LogP contribution in [0.3, 0.4) is 0 Å². The van der Waals surface area contributed by atoms with Crippen LogP contribution in [0, 0.1) is 18.6 Å². The van der Waals surface area contributed by atoms with Crippen LogP contribution < -0.4 is 25.1 Å². The minimum absolute atomic E-state index is 0.0385. The van der Waals surface area contributed by atoms with Gasteiger partial charge in [-0.15, -0.1) is 0 Å². The number of rotatable bonds is 8. The number of nitrogens with zero attached hydrogens (tertiary/aromatic N) is 3. The Labute approximate surface area is 219 Å². The van der Waals surface area contributed by atoms with Crippen LogP contribution in [0.4, 0.5) is 23.2 Å². The van der Waals surface area contributed by atoms with Crippen molar-refractivity contribution in [1.29, 1.82) is 0 Å². The fraction of sp³-hybridized carbons (Fsp3) is 0.192. The van der Waals surface area contributed by atoms with E-state index in [-0.39, 0.29) is 28.6 Å². The SMILES string of the molecule is COc1cc(C)nc(-n2c(=O)c(NC(=O)c3ccc(OC(F)F)cc3)c(-c3c(F)cc(OC)cc3F)n2C)c1. The zero-order valence-corrected chi connectivity index (χ0v) is 21.1. The molecule has 0 fully saturated rings. The normalized spacial score (nSPS) is 11.0. The molecule has 4 rings (SSSR count). The number of benzene rings is 2. The van der Waals surface area contributed by atoms with Gasteiger partial charge in [0.05, 0.1) is 19.8 Å². The van der Waals surface area contributed by atoms with Crippen LogP contribution in [0.25, 0.3) is 17.1 Å². The Morgan fingerprint density at radius 3 is 2.10 bits per heavy atom.